The van der Waals surface area contributed by atoms with Crippen LogP contribution >= 0.6 is 0 Å². The Balaban J connectivity index is 1.69. The molecule has 2 aliphatic rings. The van der Waals surface area contributed by atoms with Crippen LogP contribution in [0.25, 0.3) is 10.9 Å². The van der Waals surface area contributed by atoms with Gasteiger partial charge in [0.05, 0.1) is 22.7 Å². The molecule has 2 aromatic rings. The van der Waals surface area contributed by atoms with Crippen LogP contribution in [0.5, 0.6) is 0 Å². The fraction of sp³-hybridized carbons (Fsp3) is 0.609. The molecule has 1 aliphatic carbocycles. The third kappa shape index (κ3) is 3.87. The first-order valence-electron chi connectivity index (χ1n) is 11.2. The number of hydrogen-bond acceptors (Lipinski definition) is 5. The van der Waals surface area contributed by atoms with E-state index in [4.69, 9.17) is 5.26 Å². The maximum absolute atomic E-state index is 15.3. The Hall–Kier alpha value is -2.66. The molecular weight excluding hydrogens is 397 g/mol. The number of halogens is 1. The lowest BCUT2D eigenvalue weighted by molar-refractivity contribution is 0.173. The molecule has 1 aliphatic heterocycles. The van der Waals surface area contributed by atoms with Gasteiger partial charge in [0, 0.05) is 43.7 Å². The van der Waals surface area contributed by atoms with Gasteiger partial charge in [-0.2, -0.15) is 5.26 Å². The molecule has 166 valence electrons. The van der Waals surface area contributed by atoms with Gasteiger partial charge in [-0.3, -0.25) is 19.2 Å². The van der Waals surface area contributed by atoms with Gasteiger partial charge in [0.1, 0.15) is 5.82 Å². The van der Waals surface area contributed by atoms with Crippen molar-refractivity contribution in [2.45, 2.75) is 58.5 Å². The number of aromatic nitrogens is 2. The maximum atomic E-state index is 15.3. The Bertz CT molecular complexity index is 1140. The van der Waals surface area contributed by atoms with Crippen molar-refractivity contribution < 1.29 is 4.39 Å². The molecule has 0 amide bonds. The third-order valence-electron chi connectivity index (χ3n) is 7.02. The minimum absolute atomic E-state index is 0.0773. The second kappa shape index (κ2) is 8.46. The van der Waals surface area contributed by atoms with Crippen LogP contribution in [0, 0.1) is 30.0 Å². The zero-order valence-electron chi connectivity index (χ0n) is 18.4. The van der Waals surface area contributed by atoms with Crippen LogP contribution < -0.4 is 16.1 Å². The van der Waals surface area contributed by atoms with Gasteiger partial charge in [-0.15, -0.1) is 0 Å². The SMILES string of the molecule is CCN(CCC#N)C(C)C1CCN(c2c(F)cc3c(=O)[nH]c(=O)n(C4CC4)c3c2C)C1. The smallest absolute Gasteiger partial charge is 0.329 e. The Morgan fingerprint density at radius 2 is 2.10 bits per heavy atom. The average Bonchev–Trinajstić information content (AvgIpc) is 3.45. The van der Waals surface area contributed by atoms with Crippen LogP contribution in [-0.2, 0) is 0 Å². The molecule has 1 N–H and O–H groups in total. The van der Waals surface area contributed by atoms with Crippen LogP contribution in [0.3, 0.4) is 0 Å². The number of H-pyrrole nitrogens is 1. The number of fused-ring (bicyclic) bond motifs is 1. The Kier molecular flexibility index (Phi) is 5.89. The van der Waals surface area contributed by atoms with Gasteiger partial charge in [0.2, 0.25) is 0 Å². The fourth-order valence-corrected chi connectivity index (χ4v) is 5.16. The zero-order chi connectivity index (χ0) is 22.3. The normalized spacial score (nSPS) is 19.9. The van der Waals surface area contributed by atoms with E-state index >= 15 is 4.39 Å². The standard InChI is InChI=1S/C23H30FN5O2/c1-4-27(10-5-9-25)15(3)16-8-11-28(13-16)21-14(2)20-18(12-19(21)24)22(30)26-23(31)29(20)17-6-7-17/h12,15-17H,4-8,10-11,13H2,1-3H3,(H,26,30,31). The quantitative estimate of drug-likeness (QED) is 0.734. The first-order valence-corrected chi connectivity index (χ1v) is 11.2. The van der Waals surface area contributed by atoms with Crippen molar-refractivity contribution in [1.82, 2.24) is 14.5 Å². The highest BCUT2D eigenvalue weighted by molar-refractivity contribution is 5.87. The molecule has 1 saturated carbocycles. The number of nitrogens with zero attached hydrogens (tertiary/aromatic N) is 4. The van der Waals surface area contributed by atoms with Gasteiger partial charge in [-0.05, 0) is 51.6 Å². The molecule has 1 saturated heterocycles. The van der Waals surface area contributed by atoms with Gasteiger partial charge in [0.25, 0.3) is 5.56 Å². The molecule has 2 heterocycles. The Labute approximate surface area is 181 Å². The number of hydrogen-bond donors (Lipinski definition) is 1. The lowest BCUT2D eigenvalue weighted by Crippen LogP contribution is -2.40. The monoisotopic (exact) mass is 427 g/mol. The first kappa shape index (κ1) is 21.6. The second-order valence-corrected chi connectivity index (χ2v) is 8.86. The molecule has 2 atom stereocenters. The van der Waals surface area contributed by atoms with E-state index in [2.05, 4.69) is 34.7 Å². The largest absolute Gasteiger partial charge is 0.369 e. The van der Waals surface area contributed by atoms with E-state index < -0.39 is 17.1 Å². The van der Waals surface area contributed by atoms with Crippen molar-refractivity contribution >= 4 is 16.6 Å². The van der Waals surface area contributed by atoms with Crippen LogP contribution in [0.1, 0.15) is 51.1 Å². The minimum Gasteiger partial charge on any atom is -0.369 e. The van der Waals surface area contributed by atoms with Crippen LogP contribution in [0.2, 0.25) is 0 Å². The number of aromatic amines is 1. The van der Waals surface area contributed by atoms with Crippen molar-refractivity contribution in [2.75, 3.05) is 31.1 Å². The van der Waals surface area contributed by atoms with Crippen molar-refractivity contribution in [3.05, 3.63) is 38.3 Å². The lowest BCUT2D eigenvalue weighted by atomic mass is 9.98. The molecule has 7 nitrogen and oxygen atoms in total. The predicted octanol–water partition coefficient (Wildman–Crippen LogP) is 2.92. The number of benzene rings is 1. The highest BCUT2D eigenvalue weighted by Crippen LogP contribution is 2.39. The molecule has 4 rings (SSSR count). The summed E-state index contributed by atoms with van der Waals surface area (Å²) in [5.41, 5.74) is 0.782. The van der Waals surface area contributed by atoms with E-state index in [1.54, 1.807) is 4.57 Å². The van der Waals surface area contributed by atoms with E-state index in [1.165, 1.54) is 6.07 Å². The summed E-state index contributed by atoms with van der Waals surface area (Å²) in [5, 5.41) is 9.16. The van der Waals surface area contributed by atoms with E-state index in [0.29, 0.717) is 41.7 Å². The fourth-order valence-electron chi connectivity index (χ4n) is 5.16. The summed E-state index contributed by atoms with van der Waals surface area (Å²) in [4.78, 5) is 31.6. The van der Waals surface area contributed by atoms with Crippen LogP contribution in [-0.4, -0.2) is 46.7 Å². The molecule has 1 aromatic heterocycles. The minimum atomic E-state index is -0.533. The lowest BCUT2D eigenvalue weighted by Gasteiger charge is -2.32. The average molecular weight is 428 g/mol. The van der Waals surface area contributed by atoms with Crippen molar-refractivity contribution in [2.24, 2.45) is 5.92 Å². The van der Waals surface area contributed by atoms with Gasteiger partial charge in [0.15, 0.2) is 0 Å². The van der Waals surface area contributed by atoms with Gasteiger partial charge >= 0.3 is 5.69 Å². The highest BCUT2D eigenvalue weighted by Gasteiger charge is 2.34. The molecule has 8 heteroatoms. The summed E-state index contributed by atoms with van der Waals surface area (Å²) in [7, 11) is 0. The number of nitrogens with one attached hydrogen (secondary N) is 1. The summed E-state index contributed by atoms with van der Waals surface area (Å²) in [6, 6.07) is 3.87. The number of rotatable bonds is 7. The number of nitriles is 1. The molecule has 0 bridgehead atoms. The summed E-state index contributed by atoms with van der Waals surface area (Å²) >= 11 is 0. The second-order valence-electron chi connectivity index (χ2n) is 8.86. The summed E-state index contributed by atoms with van der Waals surface area (Å²) in [6.45, 7) is 9.16. The molecule has 0 radical (unpaired) electrons. The summed E-state index contributed by atoms with van der Waals surface area (Å²) in [5.74, 6) is -0.0560. The Morgan fingerprint density at radius 1 is 1.35 bits per heavy atom. The predicted molar refractivity (Wildman–Crippen MR) is 119 cm³/mol. The van der Waals surface area contributed by atoms with Crippen LogP contribution in [0.4, 0.5) is 10.1 Å². The molecule has 2 unspecified atom stereocenters. The molecule has 31 heavy (non-hydrogen) atoms. The summed E-state index contributed by atoms with van der Waals surface area (Å²) < 4.78 is 16.9. The number of aryl methyl sites for hydroxylation is 1. The van der Waals surface area contributed by atoms with E-state index in [1.807, 2.05) is 6.92 Å². The van der Waals surface area contributed by atoms with Gasteiger partial charge in [-0.25, -0.2) is 9.18 Å². The third-order valence-corrected chi connectivity index (χ3v) is 7.02. The van der Waals surface area contributed by atoms with E-state index in [9.17, 15) is 9.59 Å². The topological polar surface area (TPSA) is 85.1 Å². The molecular formula is C23H30FN5O2. The van der Waals surface area contributed by atoms with E-state index in [0.717, 1.165) is 38.9 Å². The molecule has 2 fully saturated rings. The van der Waals surface area contributed by atoms with Gasteiger partial charge < -0.3 is 4.90 Å². The first-order chi connectivity index (χ1) is 14.9. The zero-order valence-corrected chi connectivity index (χ0v) is 18.4. The Morgan fingerprint density at radius 3 is 2.74 bits per heavy atom. The highest BCUT2D eigenvalue weighted by atomic mass is 19.1. The van der Waals surface area contributed by atoms with Crippen molar-refractivity contribution in [3.8, 4) is 6.07 Å². The molecule has 1 aromatic carbocycles. The van der Waals surface area contributed by atoms with Crippen LogP contribution in [0.15, 0.2) is 15.7 Å². The summed E-state index contributed by atoms with van der Waals surface area (Å²) in [6.07, 6.45) is 3.23. The van der Waals surface area contributed by atoms with E-state index in [-0.39, 0.29) is 11.4 Å². The number of anilines is 1. The molecule has 0 spiro atoms. The van der Waals surface area contributed by atoms with Crippen molar-refractivity contribution in [1.29, 1.82) is 5.26 Å². The van der Waals surface area contributed by atoms with Gasteiger partial charge in [-0.1, -0.05) is 6.92 Å². The maximum Gasteiger partial charge on any atom is 0.329 e. The van der Waals surface area contributed by atoms with Crippen molar-refractivity contribution in [3.63, 3.8) is 0 Å².